The molecule has 16 heavy (non-hydrogen) atoms. The molecule has 3 aliphatic rings. The van der Waals surface area contributed by atoms with E-state index < -0.39 is 0 Å². The van der Waals surface area contributed by atoms with E-state index in [1.54, 1.807) is 0 Å². The van der Waals surface area contributed by atoms with Gasteiger partial charge in [-0.1, -0.05) is 12.8 Å². The lowest BCUT2D eigenvalue weighted by molar-refractivity contribution is -0.0929. The number of nitrogens with zero attached hydrogens (tertiary/aromatic N) is 1. The van der Waals surface area contributed by atoms with Crippen molar-refractivity contribution in [1.82, 2.24) is 4.90 Å². The van der Waals surface area contributed by atoms with Crippen molar-refractivity contribution in [1.29, 1.82) is 0 Å². The lowest BCUT2D eigenvalue weighted by Crippen LogP contribution is -2.54. The topological polar surface area (TPSA) is 38.5 Å². The molecule has 2 N–H and O–H groups in total. The summed E-state index contributed by atoms with van der Waals surface area (Å²) < 4.78 is 5.91. The second kappa shape index (κ2) is 4.28. The van der Waals surface area contributed by atoms with Crippen LogP contribution in [0.2, 0.25) is 0 Å². The largest absolute Gasteiger partial charge is 0.375 e. The number of fused-ring (bicyclic) bond motifs is 1. The third kappa shape index (κ3) is 2.01. The van der Waals surface area contributed by atoms with Crippen molar-refractivity contribution in [2.75, 3.05) is 26.2 Å². The van der Waals surface area contributed by atoms with Gasteiger partial charge in [0.2, 0.25) is 0 Å². The molecule has 3 fully saturated rings. The van der Waals surface area contributed by atoms with Gasteiger partial charge in [-0.15, -0.1) is 0 Å². The molecule has 92 valence electrons. The van der Waals surface area contributed by atoms with E-state index in [0.29, 0.717) is 17.6 Å². The third-order valence-electron chi connectivity index (χ3n) is 4.78. The summed E-state index contributed by atoms with van der Waals surface area (Å²) in [5.41, 5.74) is 6.38. The zero-order valence-corrected chi connectivity index (χ0v) is 10.2. The summed E-state index contributed by atoms with van der Waals surface area (Å²) >= 11 is 0. The van der Waals surface area contributed by atoms with E-state index in [2.05, 4.69) is 4.90 Å². The summed E-state index contributed by atoms with van der Waals surface area (Å²) in [6.45, 7) is 4.17. The maximum atomic E-state index is 5.91. The Labute approximate surface area is 98.3 Å². The minimum Gasteiger partial charge on any atom is -0.375 e. The van der Waals surface area contributed by atoms with Crippen molar-refractivity contribution >= 4 is 0 Å². The molecule has 2 saturated carbocycles. The minimum absolute atomic E-state index is 0.485. The number of rotatable bonds is 3. The Kier molecular flexibility index (Phi) is 2.94. The molecule has 3 rings (SSSR count). The molecule has 0 aromatic rings. The van der Waals surface area contributed by atoms with Crippen LogP contribution in [0.3, 0.4) is 0 Å². The normalized spacial score (nSPS) is 38.1. The van der Waals surface area contributed by atoms with Crippen LogP contribution in [-0.4, -0.2) is 43.3 Å². The molecule has 3 nitrogen and oxygen atoms in total. The number of morpholine rings is 1. The fourth-order valence-corrected chi connectivity index (χ4v) is 3.41. The fraction of sp³-hybridized carbons (Fsp3) is 1.00. The Morgan fingerprint density at radius 1 is 1.25 bits per heavy atom. The first-order chi connectivity index (χ1) is 7.83. The SMILES string of the molecule is NCC1(CN2CCOC3CCCCC32)CC1. The standard InChI is InChI=1S/C13H24N2O/c14-9-13(5-6-13)10-15-7-8-16-12-4-2-1-3-11(12)15/h11-12H,1-10,14H2. The van der Waals surface area contributed by atoms with Crippen LogP contribution in [-0.2, 0) is 4.74 Å². The van der Waals surface area contributed by atoms with Crippen LogP contribution in [0.1, 0.15) is 38.5 Å². The van der Waals surface area contributed by atoms with E-state index in [-0.39, 0.29) is 0 Å². The van der Waals surface area contributed by atoms with Crippen LogP contribution in [0.15, 0.2) is 0 Å². The van der Waals surface area contributed by atoms with Gasteiger partial charge in [0, 0.05) is 19.1 Å². The molecule has 1 saturated heterocycles. The van der Waals surface area contributed by atoms with Crippen LogP contribution >= 0.6 is 0 Å². The van der Waals surface area contributed by atoms with E-state index in [0.717, 1.165) is 19.7 Å². The quantitative estimate of drug-likeness (QED) is 0.787. The molecule has 2 aliphatic carbocycles. The maximum absolute atomic E-state index is 5.91. The van der Waals surface area contributed by atoms with Crippen LogP contribution < -0.4 is 5.73 Å². The lowest BCUT2D eigenvalue weighted by atomic mass is 9.89. The highest BCUT2D eigenvalue weighted by Crippen LogP contribution is 2.46. The summed E-state index contributed by atoms with van der Waals surface area (Å²) in [7, 11) is 0. The van der Waals surface area contributed by atoms with Crippen molar-refractivity contribution in [3.8, 4) is 0 Å². The fourth-order valence-electron chi connectivity index (χ4n) is 3.41. The van der Waals surface area contributed by atoms with Crippen LogP contribution in [0.5, 0.6) is 0 Å². The summed E-state index contributed by atoms with van der Waals surface area (Å²) in [6.07, 6.45) is 8.57. The van der Waals surface area contributed by atoms with Gasteiger partial charge in [0.15, 0.2) is 0 Å². The highest BCUT2D eigenvalue weighted by Gasteiger charge is 2.45. The first-order valence-electron chi connectivity index (χ1n) is 6.89. The van der Waals surface area contributed by atoms with Gasteiger partial charge in [0.05, 0.1) is 12.7 Å². The maximum Gasteiger partial charge on any atom is 0.0730 e. The minimum atomic E-state index is 0.485. The average molecular weight is 224 g/mol. The van der Waals surface area contributed by atoms with Crippen LogP contribution in [0.4, 0.5) is 0 Å². The summed E-state index contributed by atoms with van der Waals surface area (Å²) in [6, 6.07) is 0.700. The Bertz CT molecular complexity index is 250. The Hall–Kier alpha value is -0.120. The highest BCUT2D eigenvalue weighted by molar-refractivity contribution is 4.99. The number of hydrogen-bond donors (Lipinski definition) is 1. The molecule has 2 unspecified atom stereocenters. The number of nitrogens with two attached hydrogens (primary N) is 1. The van der Waals surface area contributed by atoms with Gasteiger partial charge >= 0.3 is 0 Å². The van der Waals surface area contributed by atoms with E-state index >= 15 is 0 Å². The predicted octanol–water partition coefficient (Wildman–Crippen LogP) is 1.37. The van der Waals surface area contributed by atoms with Crippen molar-refractivity contribution in [2.24, 2.45) is 11.1 Å². The van der Waals surface area contributed by atoms with Crippen molar-refractivity contribution in [3.05, 3.63) is 0 Å². The number of ether oxygens (including phenoxy) is 1. The molecule has 0 spiro atoms. The molecular weight excluding hydrogens is 200 g/mol. The first-order valence-corrected chi connectivity index (χ1v) is 6.89. The van der Waals surface area contributed by atoms with Crippen molar-refractivity contribution < 1.29 is 4.74 Å². The monoisotopic (exact) mass is 224 g/mol. The molecule has 0 aromatic carbocycles. The van der Waals surface area contributed by atoms with Gasteiger partial charge in [-0.3, -0.25) is 4.90 Å². The molecule has 1 heterocycles. The molecule has 2 atom stereocenters. The molecule has 1 aliphatic heterocycles. The predicted molar refractivity (Wildman–Crippen MR) is 64.3 cm³/mol. The first kappa shape index (κ1) is 11.0. The second-order valence-corrected chi connectivity index (χ2v) is 5.94. The summed E-state index contributed by atoms with van der Waals surface area (Å²) in [4.78, 5) is 2.69. The van der Waals surface area contributed by atoms with Gasteiger partial charge in [-0.05, 0) is 37.6 Å². The van der Waals surface area contributed by atoms with E-state index in [4.69, 9.17) is 10.5 Å². The average Bonchev–Trinajstić information content (AvgIpc) is 3.10. The van der Waals surface area contributed by atoms with Crippen molar-refractivity contribution in [2.45, 2.75) is 50.7 Å². The molecule has 0 bridgehead atoms. The van der Waals surface area contributed by atoms with Crippen LogP contribution in [0.25, 0.3) is 0 Å². The van der Waals surface area contributed by atoms with Gasteiger partial charge in [0.1, 0.15) is 0 Å². The summed E-state index contributed by atoms with van der Waals surface area (Å²) in [5, 5.41) is 0. The van der Waals surface area contributed by atoms with E-state index in [1.807, 2.05) is 0 Å². The van der Waals surface area contributed by atoms with Crippen molar-refractivity contribution in [3.63, 3.8) is 0 Å². The molecule has 0 aromatic heterocycles. The van der Waals surface area contributed by atoms with Gasteiger partial charge in [-0.25, -0.2) is 0 Å². The second-order valence-electron chi connectivity index (χ2n) is 5.94. The lowest BCUT2D eigenvalue weighted by Gasteiger charge is -2.45. The van der Waals surface area contributed by atoms with Gasteiger partial charge in [0.25, 0.3) is 0 Å². The van der Waals surface area contributed by atoms with Gasteiger partial charge < -0.3 is 10.5 Å². The smallest absolute Gasteiger partial charge is 0.0730 e. The molecule has 0 radical (unpaired) electrons. The summed E-state index contributed by atoms with van der Waals surface area (Å²) in [5.74, 6) is 0. The molecule has 3 heteroatoms. The van der Waals surface area contributed by atoms with E-state index in [9.17, 15) is 0 Å². The van der Waals surface area contributed by atoms with Crippen LogP contribution in [0, 0.1) is 5.41 Å². The van der Waals surface area contributed by atoms with E-state index in [1.165, 1.54) is 45.1 Å². The van der Waals surface area contributed by atoms with Gasteiger partial charge in [-0.2, -0.15) is 0 Å². The third-order valence-corrected chi connectivity index (χ3v) is 4.78. The highest BCUT2D eigenvalue weighted by atomic mass is 16.5. The zero-order valence-electron chi connectivity index (χ0n) is 10.2. The number of hydrogen-bond acceptors (Lipinski definition) is 3. The Morgan fingerprint density at radius 2 is 2.06 bits per heavy atom. The molecule has 0 amide bonds. The zero-order chi connectivity index (χ0) is 11.0. The molecular formula is C13H24N2O. The Morgan fingerprint density at radius 3 is 2.81 bits per heavy atom. The Balaban J connectivity index is 1.64.